The second kappa shape index (κ2) is 5.72. The Morgan fingerprint density at radius 1 is 1.60 bits per heavy atom. The van der Waals surface area contributed by atoms with Crippen molar-refractivity contribution in [2.24, 2.45) is 5.41 Å². The van der Waals surface area contributed by atoms with E-state index in [4.69, 9.17) is 16.9 Å². The maximum atomic E-state index is 11.6. The third-order valence-electron chi connectivity index (χ3n) is 3.95. The van der Waals surface area contributed by atoms with Crippen LogP contribution in [-0.2, 0) is 4.79 Å². The van der Waals surface area contributed by atoms with Crippen LogP contribution in [0.5, 0.6) is 0 Å². The summed E-state index contributed by atoms with van der Waals surface area (Å²) >= 11 is 6.20. The lowest BCUT2D eigenvalue weighted by atomic mass is 9.83. The van der Waals surface area contributed by atoms with E-state index in [9.17, 15) is 9.90 Å². The molecule has 0 bridgehead atoms. The van der Waals surface area contributed by atoms with E-state index in [1.54, 1.807) is 18.2 Å². The molecule has 0 radical (unpaired) electrons. The summed E-state index contributed by atoms with van der Waals surface area (Å²) in [7, 11) is 0. The number of anilines is 1. The summed E-state index contributed by atoms with van der Waals surface area (Å²) in [5.74, 6) is -0.730. The van der Waals surface area contributed by atoms with Gasteiger partial charge in [-0.3, -0.25) is 4.79 Å². The topological polar surface area (TPSA) is 64.3 Å². The first kappa shape index (κ1) is 14.7. The molecule has 1 aliphatic heterocycles. The number of aliphatic carboxylic acids is 1. The molecule has 20 heavy (non-hydrogen) atoms. The summed E-state index contributed by atoms with van der Waals surface area (Å²) < 4.78 is 0. The van der Waals surface area contributed by atoms with E-state index in [0.29, 0.717) is 36.5 Å². The summed E-state index contributed by atoms with van der Waals surface area (Å²) in [6, 6.07) is 7.17. The van der Waals surface area contributed by atoms with Gasteiger partial charge in [-0.15, -0.1) is 0 Å². The summed E-state index contributed by atoms with van der Waals surface area (Å²) in [6.45, 7) is 3.15. The molecule has 1 atom stereocenters. The molecule has 4 nitrogen and oxygen atoms in total. The van der Waals surface area contributed by atoms with Crippen LogP contribution in [0.25, 0.3) is 0 Å². The highest BCUT2D eigenvalue weighted by atomic mass is 35.5. The van der Waals surface area contributed by atoms with Crippen LogP contribution in [0.1, 0.15) is 31.7 Å². The Morgan fingerprint density at radius 3 is 2.90 bits per heavy atom. The zero-order chi connectivity index (χ0) is 14.8. The van der Waals surface area contributed by atoms with Crippen molar-refractivity contribution in [3.05, 3.63) is 28.8 Å². The van der Waals surface area contributed by atoms with Crippen LogP contribution in [0, 0.1) is 16.7 Å². The van der Waals surface area contributed by atoms with Gasteiger partial charge in [0.15, 0.2) is 0 Å². The molecular formula is C15H17ClN2O2. The first-order valence-corrected chi connectivity index (χ1v) is 7.08. The summed E-state index contributed by atoms with van der Waals surface area (Å²) in [6.07, 6.45) is 2.15. The highest BCUT2D eigenvalue weighted by Crippen LogP contribution is 2.39. The minimum atomic E-state index is -0.730. The Balaban J connectivity index is 2.25. The third kappa shape index (κ3) is 2.59. The molecule has 1 fully saturated rings. The molecule has 0 saturated carbocycles. The average Bonchev–Trinajstić information content (AvgIpc) is 2.84. The second-order valence-corrected chi connectivity index (χ2v) is 5.69. The fraction of sp³-hybridized carbons (Fsp3) is 0.467. The van der Waals surface area contributed by atoms with E-state index < -0.39 is 11.4 Å². The highest BCUT2D eigenvalue weighted by molar-refractivity contribution is 6.33. The number of benzene rings is 1. The van der Waals surface area contributed by atoms with Crippen LogP contribution in [0.3, 0.4) is 0 Å². The van der Waals surface area contributed by atoms with Crippen molar-refractivity contribution in [3.8, 4) is 6.07 Å². The van der Waals surface area contributed by atoms with Crippen LogP contribution >= 0.6 is 11.6 Å². The minimum absolute atomic E-state index is 0.474. The molecule has 1 aliphatic rings. The van der Waals surface area contributed by atoms with Gasteiger partial charge in [0.1, 0.15) is 0 Å². The van der Waals surface area contributed by atoms with Crippen LogP contribution in [-0.4, -0.2) is 24.2 Å². The van der Waals surface area contributed by atoms with Gasteiger partial charge in [0.2, 0.25) is 0 Å². The first-order chi connectivity index (χ1) is 9.52. The Kier molecular flexibility index (Phi) is 4.20. The van der Waals surface area contributed by atoms with Crippen LogP contribution in [0.2, 0.25) is 5.02 Å². The summed E-state index contributed by atoms with van der Waals surface area (Å²) in [4.78, 5) is 13.6. The predicted octanol–water partition coefficient (Wildman–Crippen LogP) is 3.29. The van der Waals surface area contributed by atoms with Gasteiger partial charge >= 0.3 is 5.97 Å². The van der Waals surface area contributed by atoms with Crippen molar-refractivity contribution in [2.75, 3.05) is 18.0 Å². The van der Waals surface area contributed by atoms with Crippen molar-refractivity contribution in [1.29, 1.82) is 5.26 Å². The Labute approximate surface area is 123 Å². The lowest BCUT2D eigenvalue weighted by Crippen LogP contribution is -2.34. The van der Waals surface area contributed by atoms with Gasteiger partial charge in [-0.05, 0) is 31.0 Å². The molecule has 0 amide bonds. The molecule has 1 N–H and O–H groups in total. The largest absolute Gasteiger partial charge is 0.481 e. The Morgan fingerprint density at radius 2 is 2.35 bits per heavy atom. The van der Waals surface area contributed by atoms with E-state index in [0.717, 1.165) is 12.1 Å². The number of nitrogens with zero attached hydrogens (tertiary/aromatic N) is 2. The molecule has 106 valence electrons. The number of carbonyl (C=O) groups is 1. The fourth-order valence-electron chi connectivity index (χ4n) is 2.88. The fourth-order valence-corrected chi connectivity index (χ4v) is 3.18. The second-order valence-electron chi connectivity index (χ2n) is 5.29. The lowest BCUT2D eigenvalue weighted by molar-refractivity contribution is -0.148. The molecule has 0 spiro atoms. The van der Waals surface area contributed by atoms with E-state index >= 15 is 0 Å². The standard InChI is InChI=1S/C15H17ClN2O2/c1-2-5-15(14(19)20)6-7-18(10-15)13-4-3-11(9-17)8-12(13)16/h3-4,8H,2,5-7,10H2,1H3,(H,19,20). The third-order valence-corrected chi connectivity index (χ3v) is 4.26. The molecule has 1 aromatic carbocycles. The first-order valence-electron chi connectivity index (χ1n) is 6.70. The Bertz CT molecular complexity index is 567. The normalized spacial score (nSPS) is 21.8. The van der Waals surface area contributed by atoms with Crippen molar-refractivity contribution >= 4 is 23.3 Å². The van der Waals surface area contributed by atoms with E-state index in [1.807, 2.05) is 17.9 Å². The molecule has 1 aromatic rings. The maximum Gasteiger partial charge on any atom is 0.311 e. The van der Waals surface area contributed by atoms with Gasteiger partial charge < -0.3 is 10.0 Å². The zero-order valence-electron chi connectivity index (χ0n) is 11.4. The highest BCUT2D eigenvalue weighted by Gasteiger charge is 2.44. The number of carboxylic acid groups (broad SMARTS) is 1. The molecule has 1 unspecified atom stereocenters. The molecule has 0 aliphatic carbocycles. The molecule has 2 rings (SSSR count). The van der Waals surface area contributed by atoms with E-state index in [2.05, 4.69) is 0 Å². The van der Waals surface area contributed by atoms with Gasteiger partial charge in [-0.25, -0.2) is 0 Å². The molecule has 5 heteroatoms. The van der Waals surface area contributed by atoms with E-state index in [-0.39, 0.29) is 0 Å². The quantitative estimate of drug-likeness (QED) is 0.925. The van der Waals surface area contributed by atoms with Gasteiger partial charge in [0.05, 0.1) is 27.8 Å². The van der Waals surface area contributed by atoms with E-state index in [1.165, 1.54) is 0 Å². The molecular weight excluding hydrogens is 276 g/mol. The number of rotatable bonds is 4. The Hall–Kier alpha value is -1.73. The monoisotopic (exact) mass is 292 g/mol. The minimum Gasteiger partial charge on any atom is -0.481 e. The van der Waals surface area contributed by atoms with Gasteiger partial charge in [-0.2, -0.15) is 5.26 Å². The predicted molar refractivity (Wildman–Crippen MR) is 78.0 cm³/mol. The number of carboxylic acids is 1. The SMILES string of the molecule is CCCC1(C(=O)O)CCN(c2ccc(C#N)cc2Cl)C1. The lowest BCUT2D eigenvalue weighted by Gasteiger charge is -2.25. The van der Waals surface area contributed by atoms with Gasteiger partial charge in [-0.1, -0.05) is 24.9 Å². The summed E-state index contributed by atoms with van der Waals surface area (Å²) in [5, 5.41) is 18.9. The van der Waals surface area contributed by atoms with Crippen LogP contribution in [0.4, 0.5) is 5.69 Å². The van der Waals surface area contributed by atoms with Crippen LogP contribution in [0.15, 0.2) is 18.2 Å². The van der Waals surface area contributed by atoms with Crippen molar-refractivity contribution in [2.45, 2.75) is 26.2 Å². The number of nitriles is 1. The van der Waals surface area contributed by atoms with Crippen molar-refractivity contribution in [1.82, 2.24) is 0 Å². The average molecular weight is 293 g/mol. The number of halogens is 1. The molecule has 1 saturated heterocycles. The van der Waals surface area contributed by atoms with Crippen molar-refractivity contribution < 1.29 is 9.90 Å². The van der Waals surface area contributed by atoms with Gasteiger partial charge in [0, 0.05) is 13.1 Å². The smallest absolute Gasteiger partial charge is 0.311 e. The summed E-state index contributed by atoms with van der Waals surface area (Å²) in [5.41, 5.74) is 0.646. The zero-order valence-corrected chi connectivity index (χ0v) is 12.2. The van der Waals surface area contributed by atoms with Crippen molar-refractivity contribution in [3.63, 3.8) is 0 Å². The van der Waals surface area contributed by atoms with Gasteiger partial charge in [0.25, 0.3) is 0 Å². The molecule has 0 aromatic heterocycles. The number of hydrogen-bond acceptors (Lipinski definition) is 3. The maximum absolute atomic E-state index is 11.6. The molecule has 1 heterocycles. The van der Waals surface area contributed by atoms with Crippen LogP contribution < -0.4 is 4.90 Å². The number of hydrogen-bond donors (Lipinski definition) is 1.